The van der Waals surface area contributed by atoms with Crippen molar-refractivity contribution in [3.8, 4) is 0 Å². The van der Waals surface area contributed by atoms with Crippen LogP contribution in [0.2, 0.25) is 0 Å². The Labute approximate surface area is 91.0 Å². The summed E-state index contributed by atoms with van der Waals surface area (Å²) >= 11 is 0. The van der Waals surface area contributed by atoms with Crippen LogP contribution in [0.1, 0.15) is 0 Å². The summed E-state index contributed by atoms with van der Waals surface area (Å²) in [4.78, 5) is 11.1. The van der Waals surface area contributed by atoms with Gasteiger partial charge in [-0.3, -0.25) is 4.79 Å². The van der Waals surface area contributed by atoms with Crippen molar-refractivity contribution in [2.75, 3.05) is 33.4 Å². The third-order valence-electron chi connectivity index (χ3n) is 1.56. The molecule has 0 saturated heterocycles. The van der Waals surface area contributed by atoms with E-state index in [1.807, 2.05) is 5.32 Å². The number of rotatable bonds is 7. The Morgan fingerprint density at radius 3 is 2.56 bits per heavy atom. The molecule has 1 atom stereocenters. The van der Waals surface area contributed by atoms with Gasteiger partial charge in [-0.05, 0) is 0 Å². The minimum absolute atomic E-state index is 0.0987. The maximum atomic E-state index is 11.7. The number of carbonyl (C=O) groups is 1. The molecule has 0 aromatic heterocycles. The minimum Gasteiger partial charge on any atom is -0.394 e. The van der Waals surface area contributed by atoms with Crippen LogP contribution in [0.15, 0.2) is 0 Å². The topological polar surface area (TPSA) is 70.6 Å². The molecule has 16 heavy (non-hydrogen) atoms. The summed E-state index contributed by atoms with van der Waals surface area (Å²) < 4.78 is 39.8. The van der Waals surface area contributed by atoms with Gasteiger partial charge < -0.3 is 20.5 Å². The van der Waals surface area contributed by atoms with Crippen LogP contribution in [0.25, 0.3) is 0 Å². The molecular weight excluding hydrogens is 229 g/mol. The smallest absolute Gasteiger partial charge is 0.394 e. The highest BCUT2D eigenvalue weighted by molar-refractivity contribution is 5.78. The van der Waals surface area contributed by atoms with E-state index in [1.165, 1.54) is 7.11 Å². The lowest BCUT2D eigenvalue weighted by molar-refractivity contribution is -0.129. The second kappa shape index (κ2) is 7.42. The Kier molecular flexibility index (Phi) is 7.02. The normalized spacial score (nSPS) is 13.6. The van der Waals surface area contributed by atoms with Crippen LogP contribution in [0.5, 0.6) is 0 Å². The standard InChI is InChI=1S/C8H15F3N2O3/c1-16-4-6(3-14)13-7(15)2-12-5-8(9,10)11/h6,12,14H,2-5H2,1H3,(H,13,15). The zero-order valence-electron chi connectivity index (χ0n) is 8.80. The molecule has 1 amide bonds. The fourth-order valence-electron chi connectivity index (χ4n) is 0.938. The molecule has 0 aromatic carbocycles. The Hall–Kier alpha value is -0.860. The van der Waals surface area contributed by atoms with Gasteiger partial charge in [-0.25, -0.2) is 0 Å². The Morgan fingerprint density at radius 2 is 2.12 bits per heavy atom. The van der Waals surface area contributed by atoms with Crippen molar-refractivity contribution in [1.29, 1.82) is 0 Å². The first kappa shape index (κ1) is 15.1. The van der Waals surface area contributed by atoms with Gasteiger partial charge in [0, 0.05) is 7.11 Å². The molecular formula is C8H15F3N2O3. The third kappa shape index (κ3) is 8.45. The van der Waals surface area contributed by atoms with E-state index in [0.29, 0.717) is 0 Å². The fourth-order valence-corrected chi connectivity index (χ4v) is 0.938. The van der Waals surface area contributed by atoms with Gasteiger partial charge in [-0.2, -0.15) is 13.2 Å². The van der Waals surface area contributed by atoms with Crippen molar-refractivity contribution in [3.63, 3.8) is 0 Å². The fraction of sp³-hybridized carbons (Fsp3) is 0.875. The molecule has 0 bridgehead atoms. The summed E-state index contributed by atoms with van der Waals surface area (Å²) in [6.45, 7) is -1.92. The van der Waals surface area contributed by atoms with Crippen LogP contribution in [0, 0.1) is 0 Å². The highest BCUT2D eigenvalue weighted by Crippen LogP contribution is 2.11. The van der Waals surface area contributed by atoms with Gasteiger partial charge >= 0.3 is 6.18 Å². The van der Waals surface area contributed by atoms with Gasteiger partial charge in [0.2, 0.25) is 5.91 Å². The van der Waals surface area contributed by atoms with E-state index >= 15 is 0 Å². The molecule has 0 aliphatic rings. The Morgan fingerprint density at radius 1 is 1.50 bits per heavy atom. The number of amides is 1. The summed E-state index contributed by atoms with van der Waals surface area (Å²) in [6, 6.07) is -0.606. The lowest BCUT2D eigenvalue weighted by Crippen LogP contribution is -2.45. The maximum Gasteiger partial charge on any atom is 0.401 e. The van der Waals surface area contributed by atoms with Crippen LogP contribution in [-0.4, -0.2) is 56.6 Å². The van der Waals surface area contributed by atoms with E-state index in [1.54, 1.807) is 0 Å². The molecule has 1 unspecified atom stereocenters. The quantitative estimate of drug-likeness (QED) is 0.552. The molecule has 0 saturated carbocycles. The number of hydrogen-bond acceptors (Lipinski definition) is 4. The number of alkyl halides is 3. The molecule has 5 nitrogen and oxygen atoms in total. The van der Waals surface area contributed by atoms with E-state index in [-0.39, 0.29) is 13.2 Å². The van der Waals surface area contributed by atoms with Gasteiger partial charge in [0.25, 0.3) is 0 Å². The molecule has 0 fully saturated rings. The summed E-state index contributed by atoms with van der Waals surface area (Å²) in [5.41, 5.74) is 0. The van der Waals surface area contributed by atoms with E-state index in [0.717, 1.165) is 0 Å². The Bertz CT molecular complexity index is 211. The van der Waals surface area contributed by atoms with Crippen molar-refractivity contribution in [3.05, 3.63) is 0 Å². The molecule has 0 spiro atoms. The van der Waals surface area contributed by atoms with Crippen molar-refractivity contribution in [2.24, 2.45) is 0 Å². The highest BCUT2D eigenvalue weighted by atomic mass is 19.4. The summed E-state index contributed by atoms with van der Waals surface area (Å²) in [5.74, 6) is -0.625. The molecule has 3 N–H and O–H groups in total. The van der Waals surface area contributed by atoms with Gasteiger partial charge in [0.15, 0.2) is 0 Å². The zero-order valence-corrected chi connectivity index (χ0v) is 8.80. The maximum absolute atomic E-state index is 11.7. The van der Waals surface area contributed by atoms with Crippen LogP contribution in [0.3, 0.4) is 0 Å². The summed E-state index contributed by atoms with van der Waals surface area (Å²) in [7, 11) is 1.39. The van der Waals surface area contributed by atoms with Gasteiger partial charge in [-0.15, -0.1) is 0 Å². The van der Waals surface area contributed by atoms with Gasteiger partial charge in [0.05, 0.1) is 32.3 Å². The van der Waals surface area contributed by atoms with Crippen LogP contribution in [0.4, 0.5) is 13.2 Å². The van der Waals surface area contributed by atoms with Crippen LogP contribution >= 0.6 is 0 Å². The van der Waals surface area contributed by atoms with Crippen LogP contribution < -0.4 is 10.6 Å². The van der Waals surface area contributed by atoms with Crippen molar-refractivity contribution >= 4 is 5.91 Å². The molecule has 0 rings (SSSR count). The SMILES string of the molecule is COCC(CO)NC(=O)CNCC(F)(F)F. The third-order valence-corrected chi connectivity index (χ3v) is 1.56. The summed E-state index contributed by atoms with van der Waals surface area (Å²) in [6.07, 6.45) is -4.34. The minimum atomic E-state index is -4.34. The van der Waals surface area contributed by atoms with Crippen molar-refractivity contribution in [1.82, 2.24) is 10.6 Å². The van der Waals surface area contributed by atoms with E-state index in [2.05, 4.69) is 10.1 Å². The molecule has 0 aliphatic carbocycles. The van der Waals surface area contributed by atoms with E-state index in [9.17, 15) is 18.0 Å². The number of methoxy groups -OCH3 is 1. The van der Waals surface area contributed by atoms with Crippen molar-refractivity contribution in [2.45, 2.75) is 12.2 Å². The van der Waals surface area contributed by atoms with Crippen LogP contribution in [-0.2, 0) is 9.53 Å². The molecule has 96 valence electrons. The first-order valence-electron chi connectivity index (χ1n) is 4.55. The van der Waals surface area contributed by atoms with Crippen molar-refractivity contribution < 1.29 is 27.8 Å². The molecule has 0 aromatic rings. The van der Waals surface area contributed by atoms with E-state index < -0.39 is 31.2 Å². The lowest BCUT2D eigenvalue weighted by atomic mass is 10.3. The number of halogens is 3. The monoisotopic (exact) mass is 244 g/mol. The summed E-state index contributed by atoms with van der Waals surface area (Å²) in [5, 5.41) is 13.0. The number of nitrogens with one attached hydrogen (secondary N) is 2. The highest BCUT2D eigenvalue weighted by Gasteiger charge is 2.26. The number of aliphatic hydroxyl groups is 1. The number of hydrogen-bond donors (Lipinski definition) is 3. The molecule has 0 radical (unpaired) electrons. The first-order valence-corrected chi connectivity index (χ1v) is 4.55. The average Bonchev–Trinajstić information content (AvgIpc) is 2.15. The van der Waals surface area contributed by atoms with E-state index in [4.69, 9.17) is 5.11 Å². The number of aliphatic hydroxyl groups excluding tert-OH is 1. The first-order chi connectivity index (χ1) is 7.39. The second-order valence-electron chi connectivity index (χ2n) is 3.12. The predicted octanol–water partition coefficient (Wildman–Crippen LogP) is -0.738. The molecule has 0 aliphatic heterocycles. The van der Waals surface area contributed by atoms with Gasteiger partial charge in [-0.1, -0.05) is 0 Å². The second-order valence-corrected chi connectivity index (χ2v) is 3.12. The van der Waals surface area contributed by atoms with Gasteiger partial charge in [0.1, 0.15) is 0 Å². The largest absolute Gasteiger partial charge is 0.401 e. The number of ether oxygens (including phenoxy) is 1. The average molecular weight is 244 g/mol. The Balaban J connectivity index is 3.72. The number of carbonyl (C=O) groups excluding carboxylic acids is 1. The lowest BCUT2D eigenvalue weighted by Gasteiger charge is -2.15. The zero-order chi connectivity index (χ0) is 12.6. The molecule has 8 heteroatoms. The predicted molar refractivity (Wildman–Crippen MR) is 49.8 cm³/mol. The molecule has 0 heterocycles.